The molecule has 7 nitrogen and oxygen atoms in total. The minimum atomic E-state index is -4.53. The molecule has 0 spiro atoms. The van der Waals surface area contributed by atoms with Crippen LogP contribution in [0.1, 0.15) is 42.1 Å². The summed E-state index contributed by atoms with van der Waals surface area (Å²) in [7, 11) is 0. The molecule has 41 heavy (non-hydrogen) atoms. The summed E-state index contributed by atoms with van der Waals surface area (Å²) in [5.74, 6) is -1.36. The van der Waals surface area contributed by atoms with Gasteiger partial charge in [0, 0.05) is 42.4 Å². The van der Waals surface area contributed by atoms with Crippen molar-refractivity contribution < 1.29 is 13.2 Å². The molecule has 0 aliphatic carbocycles. The van der Waals surface area contributed by atoms with Crippen LogP contribution < -0.4 is 16.0 Å². The predicted molar refractivity (Wildman–Crippen MR) is 151 cm³/mol. The van der Waals surface area contributed by atoms with Gasteiger partial charge < -0.3 is 16.0 Å². The number of rotatable bonds is 5. The van der Waals surface area contributed by atoms with Crippen LogP contribution in [0.15, 0.2) is 102 Å². The number of aromatic nitrogens is 2. The summed E-state index contributed by atoms with van der Waals surface area (Å²) in [6.07, 6.45) is -0.813. The Hall–Kier alpha value is -4.65. The van der Waals surface area contributed by atoms with Crippen molar-refractivity contribution in [2.45, 2.75) is 31.5 Å². The number of hydrogen-bond acceptors (Lipinski definition) is 6. The summed E-state index contributed by atoms with van der Waals surface area (Å²) in [6.45, 7) is 4.93. The van der Waals surface area contributed by atoms with E-state index >= 15 is 0 Å². The van der Waals surface area contributed by atoms with Crippen molar-refractivity contribution in [1.82, 2.24) is 15.3 Å². The molecule has 3 aromatic rings. The van der Waals surface area contributed by atoms with Gasteiger partial charge in [0.25, 0.3) is 0 Å². The average molecular weight is 558 g/mol. The van der Waals surface area contributed by atoms with Crippen molar-refractivity contribution in [3.63, 3.8) is 0 Å². The molecule has 5 rings (SSSR count). The highest BCUT2D eigenvalue weighted by atomic mass is 19.4. The quantitative estimate of drug-likeness (QED) is 0.420. The monoisotopic (exact) mass is 557 g/mol. The molecule has 1 unspecified atom stereocenters. The first kappa shape index (κ1) is 27.9. The number of aliphatic imine (C=N–C) groups is 1. The van der Waals surface area contributed by atoms with Crippen molar-refractivity contribution in [3.8, 4) is 6.07 Å². The van der Waals surface area contributed by atoms with Crippen LogP contribution in [-0.2, 0) is 0 Å². The van der Waals surface area contributed by atoms with Gasteiger partial charge in [-0.05, 0) is 24.0 Å². The van der Waals surface area contributed by atoms with Crippen molar-refractivity contribution in [1.29, 1.82) is 5.26 Å². The fourth-order valence-corrected chi connectivity index (χ4v) is 5.44. The fraction of sp³-hybridized carbons (Fsp3) is 0.290. The number of piperidine rings is 2. The molecular formula is C31H30F3N7. The minimum Gasteiger partial charge on any atom is -0.401 e. The summed E-state index contributed by atoms with van der Waals surface area (Å²) in [4.78, 5) is 15.3. The Labute approximate surface area is 237 Å². The van der Waals surface area contributed by atoms with Gasteiger partial charge in [-0.2, -0.15) is 18.4 Å². The van der Waals surface area contributed by atoms with Crippen molar-refractivity contribution >= 4 is 11.7 Å². The number of anilines is 1. The van der Waals surface area contributed by atoms with E-state index in [2.05, 4.69) is 21.9 Å². The molecule has 210 valence electrons. The molecular weight excluding hydrogens is 527 g/mol. The highest BCUT2D eigenvalue weighted by Crippen LogP contribution is 2.42. The van der Waals surface area contributed by atoms with Gasteiger partial charge in [-0.15, -0.1) is 0 Å². The molecule has 0 amide bonds. The molecule has 1 atom stereocenters. The highest BCUT2D eigenvalue weighted by Gasteiger charge is 2.47. The Bertz CT molecular complexity index is 1430. The standard InChI is InChI=1S/C31H30F3N7/c1-20-16-25(31(32,33)34)27(28(36)21-12-14-41(15-13-21)26-19-37-24(17-35)18-38-26)30(39-20)40-29(22-8-4-2-5-9-22)23-10-6-3-7-11-23/h2-11,18-19,21,25,29H,1,12-16,36H2,(H,39,40). The normalized spacial score (nSPS) is 20.6. The van der Waals surface area contributed by atoms with Crippen LogP contribution in [0.25, 0.3) is 0 Å². The van der Waals surface area contributed by atoms with E-state index in [1.807, 2.05) is 71.6 Å². The van der Waals surface area contributed by atoms with Crippen molar-refractivity contribution in [2.24, 2.45) is 22.6 Å². The van der Waals surface area contributed by atoms with Gasteiger partial charge in [-0.1, -0.05) is 67.2 Å². The lowest BCUT2D eigenvalue weighted by Crippen LogP contribution is -2.44. The van der Waals surface area contributed by atoms with E-state index in [0.717, 1.165) is 11.1 Å². The third-order valence-electron chi connectivity index (χ3n) is 7.56. The zero-order chi connectivity index (χ0) is 29.0. The first-order valence-corrected chi connectivity index (χ1v) is 13.4. The largest absolute Gasteiger partial charge is 0.401 e. The van der Waals surface area contributed by atoms with Gasteiger partial charge in [0.15, 0.2) is 5.69 Å². The molecule has 2 aromatic carbocycles. The number of hydrogen-bond donors (Lipinski definition) is 2. The number of allylic oxidation sites excluding steroid dienone is 2. The second-order valence-corrected chi connectivity index (χ2v) is 10.2. The Balaban J connectivity index is 1.52. The maximum atomic E-state index is 14.5. The number of nitrogens with zero attached hydrogens (tertiary/aromatic N) is 5. The van der Waals surface area contributed by atoms with Gasteiger partial charge in [0.1, 0.15) is 23.8 Å². The molecule has 1 aromatic heterocycles. The first-order chi connectivity index (χ1) is 19.7. The van der Waals surface area contributed by atoms with Crippen LogP contribution >= 0.6 is 0 Å². The van der Waals surface area contributed by atoms with Crippen LogP contribution in [-0.4, -0.2) is 35.1 Å². The van der Waals surface area contributed by atoms with E-state index in [-0.39, 0.29) is 40.8 Å². The van der Waals surface area contributed by atoms with Crippen LogP contribution in [0.2, 0.25) is 0 Å². The lowest BCUT2D eigenvalue weighted by molar-refractivity contribution is -0.163. The number of nitriles is 1. The summed E-state index contributed by atoms with van der Waals surface area (Å²) >= 11 is 0. The molecule has 0 bridgehead atoms. The summed E-state index contributed by atoms with van der Waals surface area (Å²) in [6, 6.07) is 20.4. The third-order valence-corrected chi connectivity index (χ3v) is 7.56. The maximum Gasteiger partial charge on any atom is 0.396 e. The second-order valence-electron chi connectivity index (χ2n) is 10.2. The Morgan fingerprint density at radius 2 is 1.63 bits per heavy atom. The van der Waals surface area contributed by atoms with Crippen molar-refractivity contribution in [3.05, 3.63) is 113 Å². The van der Waals surface area contributed by atoms with Gasteiger partial charge in [0.2, 0.25) is 0 Å². The van der Waals surface area contributed by atoms with Crippen LogP contribution in [0.5, 0.6) is 0 Å². The van der Waals surface area contributed by atoms with Crippen LogP contribution in [0.3, 0.4) is 0 Å². The van der Waals surface area contributed by atoms with E-state index in [0.29, 0.717) is 31.7 Å². The molecule has 2 aliphatic rings. The maximum absolute atomic E-state index is 14.5. The van der Waals surface area contributed by atoms with E-state index < -0.39 is 18.1 Å². The number of benzene rings is 2. The number of amidine groups is 1. The Kier molecular flexibility index (Phi) is 8.06. The lowest BCUT2D eigenvalue weighted by atomic mass is 9.82. The predicted octanol–water partition coefficient (Wildman–Crippen LogP) is 5.65. The topological polar surface area (TPSA) is 103 Å². The molecule has 3 N–H and O–H groups in total. The van der Waals surface area contributed by atoms with Crippen molar-refractivity contribution in [2.75, 3.05) is 18.0 Å². The van der Waals surface area contributed by atoms with E-state index in [9.17, 15) is 13.2 Å². The molecule has 2 fully saturated rings. The van der Waals surface area contributed by atoms with Crippen LogP contribution in [0.4, 0.5) is 19.0 Å². The number of nitrogens with two attached hydrogens (primary N) is 1. The number of nitrogens with one attached hydrogen (secondary N) is 1. The van der Waals surface area contributed by atoms with Gasteiger partial charge >= 0.3 is 6.18 Å². The number of halogens is 3. The van der Waals surface area contributed by atoms with Gasteiger partial charge in [-0.25, -0.2) is 9.97 Å². The minimum absolute atomic E-state index is 0.00150. The molecule has 2 aliphatic heterocycles. The smallest absolute Gasteiger partial charge is 0.396 e. The van der Waals surface area contributed by atoms with Gasteiger partial charge in [-0.3, -0.25) is 4.99 Å². The average Bonchev–Trinajstić information content (AvgIpc) is 3.00. The van der Waals surface area contributed by atoms with E-state index in [1.54, 1.807) is 0 Å². The SMILES string of the molecule is C=C1CC(C(F)(F)F)C(=C(N)C2CCN(c3cnc(C#N)cn3)CC2)C(=NC(c2ccccc2)c2ccccc2)N1. The molecule has 0 radical (unpaired) electrons. The van der Waals surface area contributed by atoms with E-state index in [4.69, 9.17) is 16.0 Å². The number of alkyl halides is 3. The highest BCUT2D eigenvalue weighted by molar-refractivity contribution is 6.02. The zero-order valence-corrected chi connectivity index (χ0v) is 22.4. The molecule has 0 saturated carbocycles. The molecule has 3 heterocycles. The summed E-state index contributed by atoms with van der Waals surface area (Å²) in [5.41, 5.74) is 9.04. The molecule has 10 heteroatoms. The first-order valence-electron chi connectivity index (χ1n) is 13.4. The lowest BCUT2D eigenvalue weighted by Gasteiger charge is -2.37. The summed E-state index contributed by atoms with van der Waals surface area (Å²) in [5, 5.41) is 12.0. The third kappa shape index (κ3) is 6.24. The van der Waals surface area contributed by atoms with Crippen LogP contribution in [0, 0.1) is 23.2 Å². The fourth-order valence-electron chi connectivity index (χ4n) is 5.44. The second kappa shape index (κ2) is 11.8. The van der Waals surface area contributed by atoms with Gasteiger partial charge in [0.05, 0.1) is 18.3 Å². The Morgan fingerprint density at radius 3 is 2.15 bits per heavy atom. The van der Waals surface area contributed by atoms with E-state index in [1.165, 1.54) is 12.4 Å². The molecule has 2 saturated heterocycles. The zero-order valence-electron chi connectivity index (χ0n) is 22.4. The Morgan fingerprint density at radius 1 is 1.02 bits per heavy atom. The summed E-state index contributed by atoms with van der Waals surface area (Å²) < 4.78 is 43.6.